The third-order valence-electron chi connectivity index (χ3n) is 4.70. The maximum atomic E-state index is 12.3. The van der Waals surface area contributed by atoms with E-state index in [-0.39, 0.29) is 17.0 Å². The smallest absolute Gasteiger partial charge is 0.240 e. The molecule has 1 aliphatic rings. The number of benzene rings is 1. The van der Waals surface area contributed by atoms with E-state index in [4.69, 9.17) is 0 Å². The van der Waals surface area contributed by atoms with Crippen molar-refractivity contribution in [2.24, 2.45) is 0 Å². The first-order chi connectivity index (χ1) is 13.8. The van der Waals surface area contributed by atoms with Crippen LogP contribution in [0.5, 0.6) is 0 Å². The normalized spacial score (nSPS) is 14.3. The Bertz CT molecular complexity index is 1120. The molecule has 2 heterocycles. The molecule has 0 bridgehead atoms. The van der Waals surface area contributed by atoms with Crippen LogP contribution in [-0.4, -0.2) is 34.2 Å². The van der Waals surface area contributed by atoms with Gasteiger partial charge in [0.1, 0.15) is 0 Å². The molecular formula is C20H24N6O2S. The Labute approximate surface area is 170 Å². The maximum absolute atomic E-state index is 12.3. The second-order valence-electron chi connectivity index (χ2n) is 7.57. The molecule has 1 fully saturated rings. The topological polar surface area (TPSA) is 102 Å². The van der Waals surface area contributed by atoms with Gasteiger partial charge in [-0.25, -0.2) is 23.1 Å². The number of aromatic nitrogens is 4. The molecule has 29 heavy (non-hydrogen) atoms. The minimum absolute atomic E-state index is 0.0808. The third-order valence-corrected chi connectivity index (χ3v) is 6.23. The van der Waals surface area contributed by atoms with E-state index in [1.165, 1.54) is 0 Å². The standard InChI is InChI=1S/C20H24N6O2S/c1-13(2)26-12-15(11-22-26)19-14(3)10-21-20(24-19)23-16-6-8-18(9-7-16)29(27,28)25-17-4-5-17/h6-13,17,25H,4-5H2,1-3H3,(H,21,23,24). The lowest BCUT2D eigenvalue weighted by molar-refractivity contribution is 0.532. The van der Waals surface area contributed by atoms with Gasteiger partial charge in [-0.05, 0) is 63.4 Å². The van der Waals surface area contributed by atoms with Crippen LogP contribution in [0.2, 0.25) is 0 Å². The van der Waals surface area contributed by atoms with Crippen molar-refractivity contribution in [2.75, 3.05) is 5.32 Å². The molecule has 1 aliphatic carbocycles. The Morgan fingerprint density at radius 1 is 1.14 bits per heavy atom. The van der Waals surface area contributed by atoms with Crippen LogP contribution >= 0.6 is 0 Å². The van der Waals surface area contributed by atoms with Crippen molar-refractivity contribution in [3.05, 3.63) is 48.4 Å². The highest BCUT2D eigenvalue weighted by Crippen LogP contribution is 2.25. The highest BCUT2D eigenvalue weighted by atomic mass is 32.2. The fourth-order valence-corrected chi connectivity index (χ4v) is 4.18. The zero-order valence-corrected chi connectivity index (χ0v) is 17.4. The van der Waals surface area contributed by atoms with E-state index in [9.17, 15) is 8.42 Å². The van der Waals surface area contributed by atoms with Crippen molar-refractivity contribution in [1.29, 1.82) is 0 Å². The molecule has 1 aromatic carbocycles. The fraction of sp³-hybridized carbons (Fsp3) is 0.350. The molecule has 4 rings (SSSR count). The van der Waals surface area contributed by atoms with Crippen LogP contribution < -0.4 is 10.0 Å². The van der Waals surface area contributed by atoms with E-state index < -0.39 is 10.0 Å². The maximum Gasteiger partial charge on any atom is 0.240 e. The Balaban J connectivity index is 1.53. The van der Waals surface area contributed by atoms with Crippen molar-refractivity contribution in [3.63, 3.8) is 0 Å². The van der Waals surface area contributed by atoms with Gasteiger partial charge in [0.05, 0.1) is 16.8 Å². The van der Waals surface area contributed by atoms with E-state index in [0.717, 1.165) is 29.7 Å². The van der Waals surface area contributed by atoms with Crippen LogP contribution in [0.1, 0.15) is 38.3 Å². The van der Waals surface area contributed by atoms with E-state index in [0.29, 0.717) is 11.6 Å². The summed E-state index contributed by atoms with van der Waals surface area (Å²) in [5.41, 5.74) is 3.39. The zero-order valence-electron chi connectivity index (χ0n) is 16.6. The van der Waals surface area contributed by atoms with Gasteiger partial charge in [-0.3, -0.25) is 4.68 Å². The summed E-state index contributed by atoms with van der Waals surface area (Å²) in [5, 5.41) is 7.52. The summed E-state index contributed by atoms with van der Waals surface area (Å²) < 4.78 is 29.1. The van der Waals surface area contributed by atoms with Crippen molar-refractivity contribution in [1.82, 2.24) is 24.5 Å². The van der Waals surface area contributed by atoms with Crippen LogP contribution in [0.3, 0.4) is 0 Å². The van der Waals surface area contributed by atoms with Gasteiger partial charge < -0.3 is 5.32 Å². The van der Waals surface area contributed by atoms with E-state index in [2.05, 4.69) is 39.0 Å². The largest absolute Gasteiger partial charge is 0.324 e. The lowest BCUT2D eigenvalue weighted by Crippen LogP contribution is -2.25. The second kappa shape index (κ2) is 7.57. The number of nitrogens with one attached hydrogen (secondary N) is 2. The molecule has 1 saturated carbocycles. The van der Waals surface area contributed by atoms with Crippen molar-refractivity contribution < 1.29 is 8.42 Å². The number of aryl methyl sites for hydroxylation is 1. The quantitative estimate of drug-likeness (QED) is 0.617. The average Bonchev–Trinajstić information content (AvgIpc) is 3.34. The number of hydrogen-bond acceptors (Lipinski definition) is 6. The van der Waals surface area contributed by atoms with Crippen molar-refractivity contribution in [2.45, 2.75) is 50.6 Å². The Morgan fingerprint density at radius 3 is 2.48 bits per heavy atom. The summed E-state index contributed by atoms with van der Waals surface area (Å²) in [6.45, 7) is 6.10. The van der Waals surface area contributed by atoms with Crippen molar-refractivity contribution in [3.8, 4) is 11.3 Å². The third kappa shape index (κ3) is 4.46. The van der Waals surface area contributed by atoms with Gasteiger partial charge >= 0.3 is 0 Å². The monoisotopic (exact) mass is 412 g/mol. The summed E-state index contributed by atoms with van der Waals surface area (Å²) in [6.07, 6.45) is 7.34. The molecular weight excluding hydrogens is 388 g/mol. The predicted molar refractivity (Wildman–Crippen MR) is 111 cm³/mol. The van der Waals surface area contributed by atoms with Gasteiger partial charge in [-0.2, -0.15) is 5.10 Å². The Kier molecular flexibility index (Phi) is 5.10. The molecule has 0 saturated heterocycles. The minimum atomic E-state index is -3.46. The molecule has 9 heteroatoms. The molecule has 152 valence electrons. The first kappa shape index (κ1) is 19.5. The lowest BCUT2D eigenvalue weighted by Gasteiger charge is -2.10. The molecule has 0 aliphatic heterocycles. The fourth-order valence-electron chi connectivity index (χ4n) is 2.87. The van der Waals surface area contributed by atoms with Gasteiger partial charge in [-0.1, -0.05) is 0 Å². The molecule has 8 nitrogen and oxygen atoms in total. The molecule has 0 unspecified atom stereocenters. The van der Waals surface area contributed by atoms with Gasteiger partial charge in [0.25, 0.3) is 0 Å². The SMILES string of the molecule is Cc1cnc(Nc2ccc(S(=O)(=O)NC3CC3)cc2)nc1-c1cnn(C(C)C)c1. The molecule has 2 aromatic heterocycles. The van der Waals surface area contributed by atoms with Gasteiger partial charge in [-0.15, -0.1) is 0 Å². The number of nitrogens with zero attached hydrogens (tertiary/aromatic N) is 4. The molecule has 0 atom stereocenters. The van der Waals surface area contributed by atoms with Crippen LogP contribution in [0.4, 0.5) is 11.6 Å². The number of rotatable bonds is 7. The number of anilines is 2. The van der Waals surface area contributed by atoms with Crippen LogP contribution in [0.15, 0.2) is 47.8 Å². The molecule has 0 spiro atoms. The van der Waals surface area contributed by atoms with Crippen LogP contribution in [0.25, 0.3) is 11.3 Å². The molecule has 0 amide bonds. The van der Waals surface area contributed by atoms with Crippen LogP contribution in [-0.2, 0) is 10.0 Å². The van der Waals surface area contributed by atoms with Gasteiger partial charge in [0, 0.05) is 35.7 Å². The summed E-state index contributed by atoms with van der Waals surface area (Å²) in [7, 11) is -3.46. The van der Waals surface area contributed by atoms with E-state index >= 15 is 0 Å². The highest BCUT2D eigenvalue weighted by Gasteiger charge is 2.27. The Morgan fingerprint density at radius 2 is 1.86 bits per heavy atom. The average molecular weight is 413 g/mol. The highest BCUT2D eigenvalue weighted by molar-refractivity contribution is 7.89. The summed E-state index contributed by atoms with van der Waals surface area (Å²) in [5.74, 6) is 0.439. The minimum Gasteiger partial charge on any atom is -0.324 e. The first-order valence-corrected chi connectivity index (χ1v) is 11.1. The predicted octanol–water partition coefficient (Wildman–Crippen LogP) is 3.41. The summed E-state index contributed by atoms with van der Waals surface area (Å²) in [4.78, 5) is 9.22. The van der Waals surface area contributed by atoms with Gasteiger partial charge in [0.15, 0.2) is 0 Å². The molecule has 3 aromatic rings. The zero-order chi connectivity index (χ0) is 20.6. The number of sulfonamides is 1. The molecule has 2 N–H and O–H groups in total. The van der Waals surface area contributed by atoms with Crippen molar-refractivity contribution >= 4 is 21.7 Å². The first-order valence-electron chi connectivity index (χ1n) is 9.59. The number of hydrogen-bond donors (Lipinski definition) is 2. The summed E-state index contributed by atoms with van der Waals surface area (Å²) >= 11 is 0. The van der Waals surface area contributed by atoms with Gasteiger partial charge in [0.2, 0.25) is 16.0 Å². The molecule has 0 radical (unpaired) electrons. The summed E-state index contributed by atoms with van der Waals surface area (Å²) in [6, 6.07) is 6.93. The Hall–Kier alpha value is -2.78. The van der Waals surface area contributed by atoms with E-state index in [1.54, 1.807) is 36.7 Å². The second-order valence-corrected chi connectivity index (χ2v) is 9.29. The lowest BCUT2D eigenvalue weighted by atomic mass is 10.1. The van der Waals surface area contributed by atoms with E-state index in [1.807, 2.05) is 17.8 Å². The van der Waals surface area contributed by atoms with Crippen LogP contribution in [0, 0.1) is 6.92 Å².